The molecule has 4 unspecified atom stereocenters. The molecular formula is C12H23NO. The molecule has 2 rings (SSSR count). The summed E-state index contributed by atoms with van der Waals surface area (Å²) in [6.45, 7) is 4.50. The van der Waals surface area contributed by atoms with Gasteiger partial charge in [0.05, 0.1) is 12.2 Å². The van der Waals surface area contributed by atoms with Gasteiger partial charge in [-0.2, -0.15) is 0 Å². The fourth-order valence-electron chi connectivity index (χ4n) is 3.26. The summed E-state index contributed by atoms with van der Waals surface area (Å²) >= 11 is 0. The summed E-state index contributed by atoms with van der Waals surface area (Å²) in [7, 11) is 0. The number of hydrogen-bond donors (Lipinski definition) is 1. The van der Waals surface area contributed by atoms with Gasteiger partial charge in [0.1, 0.15) is 0 Å². The second-order valence-corrected chi connectivity index (χ2v) is 4.93. The van der Waals surface area contributed by atoms with Crippen molar-refractivity contribution in [3.05, 3.63) is 0 Å². The lowest BCUT2D eigenvalue weighted by Crippen LogP contribution is -2.41. The van der Waals surface area contributed by atoms with Gasteiger partial charge < -0.3 is 10.5 Å². The van der Waals surface area contributed by atoms with Crippen LogP contribution in [0.1, 0.15) is 46.0 Å². The van der Waals surface area contributed by atoms with Crippen LogP contribution in [-0.2, 0) is 4.74 Å². The summed E-state index contributed by atoms with van der Waals surface area (Å²) in [5, 5.41) is 0. The predicted molar refractivity (Wildman–Crippen MR) is 58.0 cm³/mol. The van der Waals surface area contributed by atoms with E-state index in [9.17, 15) is 0 Å². The second-order valence-electron chi connectivity index (χ2n) is 4.93. The van der Waals surface area contributed by atoms with Crippen LogP contribution in [0.2, 0.25) is 0 Å². The monoisotopic (exact) mass is 197 g/mol. The highest BCUT2D eigenvalue weighted by Crippen LogP contribution is 2.41. The second kappa shape index (κ2) is 4.19. The van der Waals surface area contributed by atoms with Crippen LogP contribution in [-0.4, -0.2) is 18.2 Å². The Morgan fingerprint density at radius 2 is 2.00 bits per heavy atom. The molecule has 14 heavy (non-hydrogen) atoms. The van der Waals surface area contributed by atoms with E-state index in [1.54, 1.807) is 0 Å². The molecule has 2 fully saturated rings. The molecule has 0 amide bonds. The van der Waals surface area contributed by atoms with Crippen LogP contribution in [0.25, 0.3) is 0 Å². The summed E-state index contributed by atoms with van der Waals surface area (Å²) in [6, 6.07) is 0.375. The highest BCUT2D eigenvalue weighted by molar-refractivity contribution is 4.95. The van der Waals surface area contributed by atoms with Crippen molar-refractivity contribution in [2.75, 3.05) is 0 Å². The molecule has 0 saturated carbocycles. The van der Waals surface area contributed by atoms with Crippen LogP contribution in [0.15, 0.2) is 0 Å². The van der Waals surface area contributed by atoms with Gasteiger partial charge in [-0.25, -0.2) is 0 Å². The van der Waals surface area contributed by atoms with Crippen molar-refractivity contribution in [2.45, 2.75) is 64.2 Å². The zero-order chi connectivity index (χ0) is 10.1. The zero-order valence-electron chi connectivity index (χ0n) is 9.41. The van der Waals surface area contributed by atoms with Crippen molar-refractivity contribution in [1.82, 2.24) is 0 Å². The van der Waals surface area contributed by atoms with Gasteiger partial charge in [0, 0.05) is 12.0 Å². The maximum Gasteiger partial charge on any atom is 0.0623 e. The standard InChI is InChI=1S/C12H23NO/c1-3-8(4-2)12(13)10-7-9-5-6-11(10)14-9/h8-12H,3-7,13H2,1-2H3. The van der Waals surface area contributed by atoms with Crippen molar-refractivity contribution < 1.29 is 4.74 Å². The summed E-state index contributed by atoms with van der Waals surface area (Å²) in [5.74, 6) is 1.35. The summed E-state index contributed by atoms with van der Waals surface area (Å²) in [4.78, 5) is 0. The molecule has 2 N–H and O–H groups in total. The predicted octanol–water partition coefficient (Wildman–Crippen LogP) is 2.32. The average Bonchev–Trinajstić information content (AvgIpc) is 2.80. The van der Waals surface area contributed by atoms with Gasteiger partial charge in [-0.15, -0.1) is 0 Å². The Kier molecular flexibility index (Phi) is 3.13. The lowest BCUT2D eigenvalue weighted by atomic mass is 9.77. The minimum Gasteiger partial charge on any atom is -0.375 e. The van der Waals surface area contributed by atoms with Gasteiger partial charge in [0.15, 0.2) is 0 Å². The fraction of sp³-hybridized carbons (Fsp3) is 1.00. The van der Waals surface area contributed by atoms with E-state index >= 15 is 0 Å². The number of rotatable bonds is 4. The maximum atomic E-state index is 6.35. The lowest BCUT2D eigenvalue weighted by Gasteiger charge is -2.30. The van der Waals surface area contributed by atoms with E-state index in [1.807, 2.05) is 0 Å². The molecule has 2 heterocycles. The topological polar surface area (TPSA) is 35.2 Å². The SMILES string of the molecule is CCC(CC)C(N)C1CC2CCC1O2. The first-order valence-corrected chi connectivity index (χ1v) is 6.17. The largest absolute Gasteiger partial charge is 0.375 e. The van der Waals surface area contributed by atoms with Crippen LogP contribution in [0.3, 0.4) is 0 Å². The summed E-state index contributed by atoms with van der Waals surface area (Å²) < 4.78 is 5.87. The summed E-state index contributed by atoms with van der Waals surface area (Å²) in [5.41, 5.74) is 6.35. The van der Waals surface area contributed by atoms with Crippen LogP contribution in [0, 0.1) is 11.8 Å². The molecule has 2 aliphatic rings. The molecule has 0 aromatic rings. The number of nitrogens with two attached hydrogens (primary N) is 1. The van der Waals surface area contributed by atoms with Gasteiger partial charge in [-0.05, 0) is 25.2 Å². The fourth-order valence-corrected chi connectivity index (χ4v) is 3.26. The normalized spacial score (nSPS) is 38.1. The van der Waals surface area contributed by atoms with Crippen LogP contribution in [0.4, 0.5) is 0 Å². The molecule has 0 aliphatic carbocycles. The first-order chi connectivity index (χ1) is 6.76. The van der Waals surface area contributed by atoms with Crippen molar-refractivity contribution >= 4 is 0 Å². The molecule has 2 aliphatic heterocycles. The highest BCUT2D eigenvalue weighted by Gasteiger charge is 2.44. The number of fused-ring (bicyclic) bond motifs is 2. The minimum absolute atomic E-state index is 0.375. The van der Waals surface area contributed by atoms with E-state index in [1.165, 1.54) is 32.1 Å². The van der Waals surface area contributed by atoms with E-state index in [0.29, 0.717) is 30.1 Å². The van der Waals surface area contributed by atoms with Crippen LogP contribution in [0.5, 0.6) is 0 Å². The number of ether oxygens (including phenoxy) is 1. The molecule has 2 saturated heterocycles. The summed E-state index contributed by atoms with van der Waals surface area (Å²) in [6.07, 6.45) is 7.22. The maximum absolute atomic E-state index is 6.35. The zero-order valence-corrected chi connectivity index (χ0v) is 9.41. The molecule has 2 bridgehead atoms. The quantitative estimate of drug-likeness (QED) is 0.750. The van der Waals surface area contributed by atoms with Gasteiger partial charge >= 0.3 is 0 Å². The van der Waals surface area contributed by atoms with E-state index in [2.05, 4.69) is 13.8 Å². The molecule has 0 aromatic carbocycles. The van der Waals surface area contributed by atoms with Gasteiger partial charge in [0.2, 0.25) is 0 Å². The van der Waals surface area contributed by atoms with Crippen LogP contribution < -0.4 is 5.73 Å². The molecule has 0 aromatic heterocycles. The Morgan fingerprint density at radius 3 is 2.43 bits per heavy atom. The third-order valence-corrected chi connectivity index (χ3v) is 4.24. The van der Waals surface area contributed by atoms with E-state index < -0.39 is 0 Å². The Hall–Kier alpha value is -0.0800. The van der Waals surface area contributed by atoms with Crippen molar-refractivity contribution in [2.24, 2.45) is 17.6 Å². The molecule has 0 spiro atoms. The van der Waals surface area contributed by atoms with Crippen molar-refractivity contribution in [1.29, 1.82) is 0 Å². The molecule has 2 nitrogen and oxygen atoms in total. The van der Waals surface area contributed by atoms with Gasteiger partial charge in [-0.3, -0.25) is 0 Å². The van der Waals surface area contributed by atoms with Crippen LogP contribution >= 0.6 is 0 Å². The third kappa shape index (κ3) is 1.70. The first kappa shape index (κ1) is 10.4. The smallest absolute Gasteiger partial charge is 0.0623 e. The minimum atomic E-state index is 0.375. The molecule has 82 valence electrons. The Labute approximate surface area is 87.2 Å². The Balaban J connectivity index is 1.94. The lowest BCUT2D eigenvalue weighted by molar-refractivity contribution is 0.0833. The highest BCUT2D eigenvalue weighted by atomic mass is 16.5. The van der Waals surface area contributed by atoms with Crippen molar-refractivity contribution in [3.8, 4) is 0 Å². The van der Waals surface area contributed by atoms with E-state index in [-0.39, 0.29) is 0 Å². The van der Waals surface area contributed by atoms with Crippen molar-refractivity contribution in [3.63, 3.8) is 0 Å². The third-order valence-electron chi connectivity index (χ3n) is 4.24. The number of hydrogen-bond acceptors (Lipinski definition) is 2. The molecular weight excluding hydrogens is 174 g/mol. The Morgan fingerprint density at radius 1 is 1.29 bits per heavy atom. The molecule has 2 heteroatoms. The average molecular weight is 197 g/mol. The first-order valence-electron chi connectivity index (χ1n) is 6.17. The van der Waals surface area contributed by atoms with E-state index in [4.69, 9.17) is 10.5 Å². The van der Waals surface area contributed by atoms with Gasteiger partial charge in [0.25, 0.3) is 0 Å². The van der Waals surface area contributed by atoms with E-state index in [0.717, 1.165) is 0 Å². The Bertz CT molecular complexity index is 191. The molecule has 4 atom stereocenters. The molecule has 0 radical (unpaired) electrons. The van der Waals surface area contributed by atoms with Gasteiger partial charge in [-0.1, -0.05) is 26.7 Å².